The lowest BCUT2D eigenvalue weighted by Crippen LogP contribution is -2.39. The Bertz CT molecular complexity index is 791. The molecule has 2 saturated heterocycles. The van der Waals surface area contributed by atoms with Crippen LogP contribution in [0.15, 0.2) is 24.4 Å². The van der Waals surface area contributed by atoms with Crippen LogP contribution in [0, 0.1) is 0 Å². The zero-order valence-electron chi connectivity index (χ0n) is 16.1. The topological polar surface area (TPSA) is 75.6 Å². The molecule has 30 heavy (non-hydrogen) atoms. The van der Waals surface area contributed by atoms with Crippen LogP contribution in [0.1, 0.15) is 0 Å². The fourth-order valence-corrected chi connectivity index (χ4v) is 3.19. The number of pyridine rings is 1. The SMILES string of the molecule is Cl.FC(F)(F)Nc1ccc(-c2cc(N3CCOCC3)nc(N3CCOCC3)n2)cn1. The molecule has 0 radical (unpaired) electrons. The molecule has 0 amide bonds. The van der Waals surface area contributed by atoms with Crippen molar-refractivity contribution >= 4 is 30.0 Å². The highest BCUT2D eigenvalue weighted by Gasteiger charge is 2.27. The summed E-state index contributed by atoms with van der Waals surface area (Å²) in [6.45, 7) is 5.21. The van der Waals surface area contributed by atoms with Crippen molar-refractivity contribution in [3.63, 3.8) is 0 Å². The number of halogens is 4. The molecule has 2 aliphatic heterocycles. The summed E-state index contributed by atoms with van der Waals surface area (Å²) in [7, 11) is 0. The second kappa shape index (κ2) is 9.63. The van der Waals surface area contributed by atoms with Gasteiger partial charge >= 0.3 is 6.30 Å². The van der Waals surface area contributed by atoms with E-state index in [4.69, 9.17) is 14.5 Å². The maximum absolute atomic E-state index is 12.5. The Labute approximate surface area is 177 Å². The van der Waals surface area contributed by atoms with Gasteiger partial charge in [-0.1, -0.05) is 0 Å². The van der Waals surface area contributed by atoms with Crippen LogP contribution in [-0.2, 0) is 9.47 Å². The van der Waals surface area contributed by atoms with E-state index >= 15 is 0 Å². The number of hydrogen-bond acceptors (Lipinski definition) is 8. The van der Waals surface area contributed by atoms with Crippen molar-refractivity contribution in [2.24, 2.45) is 0 Å². The zero-order chi connectivity index (χ0) is 20.3. The maximum Gasteiger partial charge on any atom is 0.483 e. The fourth-order valence-electron chi connectivity index (χ4n) is 3.19. The van der Waals surface area contributed by atoms with Crippen LogP contribution in [-0.4, -0.2) is 73.9 Å². The van der Waals surface area contributed by atoms with Gasteiger partial charge in [0, 0.05) is 44.0 Å². The molecule has 0 aromatic carbocycles. The highest BCUT2D eigenvalue weighted by molar-refractivity contribution is 5.85. The fraction of sp³-hybridized carbons (Fsp3) is 0.500. The first-order valence-corrected chi connectivity index (χ1v) is 9.34. The summed E-state index contributed by atoms with van der Waals surface area (Å²) in [5, 5.41) is 1.40. The van der Waals surface area contributed by atoms with E-state index in [0.29, 0.717) is 69.8 Å². The van der Waals surface area contributed by atoms with Crippen LogP contribution in [0.4, 0.5) is 30.8 Å². The number of morpholine rings is 2. The van der Waals surface area contributed by atoms with E-state index in [-0.39, 0.29) is 18.2 Å². The standard InChI is InChI=1S/C18H21F3N6O2.ClH/c19-18(20,21)25-15-2-1-13(12-22-15)14-11-16(26-3-7-28-8-4-26)24-17(23-14)27-5-9-29-10-6-27;/h1-2,11-12H,3-10H2,(H,22,25);1H. The Kier molecular flexibility index (Phi) is 7.16. The molecule has 2 aliphatic rings. The van der Waals surface area contributed by atoms with E-state index in [1.165, 1.54) is 17.6 Å². The second-order valence-corrected chi connectivity index (χ2v) is 6.67. The van der Waals surface area contributed by atoms with Gasteiger partial charge in [-0.2, -0.15) is 18.2 Å². The van der Waals surface area contributed by atoms with Crippen molar-refractivity contribution < 1.29 is 22.6 Å². The lowest BCUT2D eigenvalue weighted by molar-refractivity contribution is -0.100. The molecule has 0 atom stereocenters. The van der Waals surface area contributed by atoms with Crippen molar-refractivity contribution in [2.45, 2.75) is 6.30 Å². The zero-order valence-corrected chi connectivity index (χ0v) is 16.9. The van der Waals surface area contributed by atoms with E-state index in [0.717, 1.165) is 5.82 Å². The van der Waals surface area contributed by atoms with Gasteiger partial charge in [-0.05, 0) is 12.1 Å². The van der Waals surface area contributed by atoms with Gasteiger partial charge in [0.25, 0.3) is 0 Å². The monoisotopic (exact) mass is 446 g/mol. The summed E-state index contributed by atoms with van der Waals surface area (Å²) >= 11 is 0. The molecular formula is C18H22ClF3N6O2. The first-order valence-electron chi connectivity index (χ1n) is 9.34. The Balaban J connectivity index is 0.00000256. The van der Waals surface area contributed by atoms with E-state index in [2.05, 4.69) is 14.9 Å². The van der Waals surface area contributed by atoms with E-state index in [1.807, 2.05) is 11.0 Å². The Hall–Kier alpha value is -2.37. The second-order valence-electron chi connectivity index (χ2n) is 6.67. The third-order valence-electron chi connectivity index (χ3n) is 4.66. The van der Waals surface area contributed by atoms with Gasteiger partial charge in [-0.25, -0.2) is 9.97 Å². The summed E-state index contributed by atoms with van der Waals surface area (Å²) in [6.07, 6.45) is -3.15. The third kappa shape index (κ3) is 5.61. The van der Waals surface area contributed by atoms with Crippen molar-refractivity contribution in [2.75, 3.05) is 67.7 Å². The minimum Gasteiger partial charge on any atom is -0.378 e. The number of aromatic nitrogens is 3. The van der Waals surface area contributed by atoms with Gasteiger partial charge in [0.2, 0.25) is 5.95 Å². The Morgan fingerprint density at radius 1 is 0.900 bits per heavy atom. The molecule has 164 valence electrons. The summed E-state index contributed by atoms with van der Waals surface area (Å²) < 4.78 is 48.3. The normalized spacial score (nSPS) is 17.4. The van der Waals surface area contributed by atoms with E-state index in [9.17, 15) is 13.2 Å². The number of nitrogens with zero attached hydrogens (tertiary/aromatic N) is 5. The van der Waals surface area contributed by atoms with Crippen LogP contribution < -0.4 is 15.1 Å². The molecule has 0 aliphatic carbocycles. The Morgan fingerprint density at radius 3 is 2.10 bits per heavy atom. The van der Waals surface area contributed by atoms with E-state index < -0.39 is 6.30 Å². The molecule has 0 spiro atoms. The molecule has 2 aromatic heterocycles. The predicted octanol–water partition coefficient (Wildman–Crippen LogP) is 2.57. The number of ether oxygens (including phenoxy) is 2. The van der Waals surface area contributed by atoms with Gasteiger partial charge in [-0.3, -0.25) is 5.32 Å². The summed E-state index contributed by atoms with van der Waals surface area (Å²) in [6, 6.07) is 4.69. The first kappa shape index (κ1) is 22.3. The minimum absolute atomic E-state index is 0. The number of rotatable bonds is 4. The van der Waals surface area contributed by atoms with Crippen molar-refractivity contribution in [3.8, 4) is 11.3 Å². The number of alkyl halides is 3. The summed E-state index contributed by atoms with van der Waals surface area (Å²) in [4.78, 5) is 17.4. The minimum atomic E-state index is -4.53. The van der Waals surface area contributed by atoms with Crippen LogP contribution in [0.3, 0.4) is 0 Å². The van der Waals surface area contributed by atoms with Gasteiger partial charge in [0.05, 0.1) is 32.1 Å². The average Bonchev–Trinajstić information content (AvgIpc) is 2.74. The predicted molar refractivity (Wildman–Crippen MR) is 108 cm³/mol. The lowest BCUT2D eigenvalue weighted by Gasteiger charge is -2.31. The van der Waals surface area contributed by atoms with E-state index in [1.54, 1.807) is 6.07 Å². The molecule has 2 aromatic rings. The number of hydrogen-bond donors (Lipinski definition) is 1. The highest BCUT2D eigenvalue weighted by Crippen LogP contribution is 2.27. The van der Waals surface area contributed by atoms with Gasteiger partial charge in [0.15, 0.2) is 0 Å². The number of nitrogens with one attached hydrogen (secondary N) is 1. The average molecular weight is 447 g/mol. The van der Waals surface area contributed by atoms with Gasteiger partial charge in [0.1, 0.15) is 11.6 Å². The van der Waals surface area contributed by atoms with Crippen LogP contribution >= 0.6 is 12.4 Å². The molecular weight excluding hydrogens is 425 g/mol. The molecule has 0 bridgehead atoms. The van der Waals surface area contributed by atoms with Gasteiger partial charge in [-0.15, -0.1) is 12.4 Å². The molecule has 4 heterocycles. The summed E-state index contributed by atoms with van der Waals surface area (Å²) in [5.74, 6) is 1.07. The van der Waals surface area contributed by atoms with Crippen LogP contribution in [0.2, 0.25) is 0 Å². The lowest BCUT2D eigenvalue weighted by atomic mass is 10.2. The molecule has 4 rings (SSSR count). The van der Waals surface area contributed by atoms with Crippen molar-refractivity contribution in [3.05, 3.63) is 24.4 Å². The maximum atomic E-state index is 12.5. The third-order valence-corrected chi connectivity index (χ3v) is 4.66. The van der Waals surface area contributed by atoms with Crippen LogP contribution in [0.5, 0.6) is 0 Å². The largest absolute Gasteiger partial charge is 0.483 e. The molecule has 12 heteroatoms. The number of anilines is 3. The van der Waals surface area contributed by atoms with Gasteiger partial charge < -0.3 is 19.3 Å². The molecule has 1 N–H and O–H groups in total. The van der Waals surface area contributed by atoms with Crippen molar-refractivity contribution in [1.82, 2.24) is 15.0 Å². The molecule has 8 nitrogen and oxygen atoms in total. The molecule has 0 unspecified atom stereocenters. The summed E-state index contributed by atoms with van der Waals surface area (Å²) in [5.41, 5.74) is 1.22. The first-order chi connectivity index (χ1) is 14.0. The Morgan fingerprint density at radius 2 is 1.53 bits per heavy atom. The van der Waals surface area contributed by atoms with Crippen molar-refractivity contribution in [1.29, 1.82) is 0 Å². The molecule has 0 saturated carbocycles. The smallest absolute Gasteiger partial charge is 0.378 e. The quantitative estimate of drug-likeness (QED) is 0.718. The molecule has 2 fully saturated rings. The highest BCUT2D eigenvalue weighted by atomic mass is 35.5. The van der Waals surface area contributed by atoms with Crippen LogP contribution in [0.25, 0.3) is 11.3 Å².